The molecule has 0 saturated carbocycles. The maximum Gasteiger partial charge on any atom is 0.337 e. The van der Waals surface area contributed by atoms with Crippen LogP contribution in [0.2, 0.25) is 0 Å². The van der Waals surface area contributed by atoms with Gasteiger partial charge < -0.3 is 14.2 Å². The number of carbonyl (C=O) groups is 2. The van der Waals surface area contributed by atoms with Crippen LogP contribution < -0.4 is 0 Å². The van der Waals surface area contributed by atoms with E-state index in [0.717, 1.165) is 12.8 Å². The van der Waals surface area contributed by atoms with Crippen molar-refractivity contribution in [1.82, 2.24) is 0 Å². The normalized spacial score (nSPS) is 35.0. The number of methoxy groups -OCH3 is 2. The number of fused-ring (bicyclic) bond motifs is 7. The molecule has 0 aromatic rings. The largest absolute Gasteiger partial charge is 0.466 e. The number of esters is 2. The zero-order valence-corrected chi connectivity index (χ0v) is 13.6. The summed E-state index contributed by atoms with van der Waals surface area (Å²) in [5.41, 5.74) is 3.73. The molecule has 2 aliphatic carbocycles. The number of hydrogen-bond donors (Lipinski definition) is 0. The molecule has 4 atom stereocenters. The lowest BCUT2D eigenvalue weighted by molar-refractivity contribution is -0.139. The number of carbonyl (C=O) groups excluding carboxylic acids is 2. The molecule has 124 valence electrons. The fourth-order valence-corrected chi connectivity index (χ4v) is 4.95. The summed E-state index contributed by atoms with van der Waals surface area (Å²) in [6, 6.07) is 0. The average molecular weight is 318 g/mol. The fourth-order valence-electron chi connectivity index (χ4n) is 4.95. The van der Waals surface area contributed by atoms with E-state index in [-0.39, 0.29) is 24.0 Å². The van der Waals surface area contributed by atoms with Crippen LogP contribution in [-0.4, -0.2) is 38.4 Å². The third kappa shape index (κ3) is 1.95. The lowest BCUT2D eigenvalue weighted by Gasteiger charge is -2.44. The SMILES string of the molecule is COC(=O)C1=C(C(=O)OC)[C@@H]2O[C@H]1[C@H]1C3=C(CCCCCC3)[C@H]12. The minimum absolute atomic E-state index is 0.260. The zero-order chi connectivity index (χ0) is 16.1. The van der Waals surface area contributed by atoms with Crippen molar-refractivity contribution in [3.63, 3.8) is 0 Å². The Kier molecular flexibility index (Phi) is 3.56. The van der Waals surface area contributed by atoms with Crippen LogP contribution in [0.4, 0.5) is 0 Å². The van der Waals surface area contributed by atoms with Crippen molar-refractivity contribution in [1.29, 1.82) is 0 Å². The summed E-state index contributed by atoms with van der Waals surface area (Å²) in [7, 11) is 2.68. The molecule has 1 fully saturated rings. The summed E-state index contributed by atoms with van der Waals surface area (Å²) in [4.78, 5) is 24.4. The summed E-state index contributed by atoms with van der Waals surface area (Å²) >= 11 is 0. The summed E-state index contributed by atoms with van der Waals surface area (Å²) in [5, 5.41) is 0. The van der Waals surface area contributed by atoms with Crippen molar-refractivity contribution in [3.8, 4) is 0 Å². The van der Waals surface area contributed by atoms with Gasteiger partial charge in [-0.15, -0.1) is 0 Å². The molecule has 0 radical (unpaired) electrons. The average Bonchev–Trinajstić information content (AvgIpc) is 3.05. The molecule has 4 aliphatic rings. The van der Waals surface area contributed by atoms with Gasteiger partial charge in [-0.2, -0.15) is 0 Å². The highest BCUT2D eigenvalue weighted by molar-refractivity contribution is 6.03. The van der Waals surface area contributed by atoms with Gasteiger partial charge in [0.05, 0.1) is 37.6 Å². The van der Waals surface area contributed by atoms with Crippen LogP contribution in [0.5, 0.6) is 0 Å². The smallest absolute Gasteiger partial charge is 0.337 e. The second kappa shape index (κ2) is 5.48. The Balaban J connectivity index is 1.72. The van der Waals surface area contributed by atoms with E-state index in [1.54, 1.807) is 0 Å². The Hall–Kier alpha value is -1.62. The van der Waals surface area contributed by atoms with Gasteiger partial charge in [0, 0.05) is 11.8 Å². The Morgan fingerprint density at radius 1 is 0.826 bits per heavy atom. The molecule has 23 heavy (non-hydrogen) atoms. The molecular formula is C18H22O5. The molecule has 0 amide bonds. The second-order valence-corrected chi connectivity index (χ2v) is 6.80. The van der Waals surface area contributed by atoms with Gasteiger partial charge >= 0.3 is 11.9 Å². The van der Waals surface area contributed by atoms with E-state index >= 15 is 0 Å². The van der Waals surface area contributed by atoms with Crippen LogP contribution in [-0.2, 0) is 23.8 Å². The van der Waals surface area contributed by atoms with E-state index < -0.39 is 11.9 Å². The van der Waals surface area contributed by atoms with E-state index in [1.807, 2.05) is 0 Å². The Bertz CT molecular complexity index is 577. The highest BCUT2D eigenvalue weighted by Gasteiger charge is 2.63. The van der Waals surface area contributed by atoms with E-state index in [9.17, 15) is 9.59 Å². The Morgan fingerprint density at radius 3 is 1.65 bits per heavy atom. The quantitative estimate of drug-likeness (QED) is 0.577. The first-order chi connectivity index (χ1) is 11.2. The van der Waals surface area contributed by atoms with E-state index in [1.165, 1.54) is 51.0 Å². The first-order valence-electron chi connectivity index (χ1n) is 8.47. The maximum atomic E-state index is 12.2. The second-order valence-electron chi connectivity index (χ2n) is 6.80. The molecular weight excluding hydrogens is 296 g/mol. The van der Waals surface area contributed by atoms with E-state index in [0.29, 0.717) is 11.1 Å². The van der Waals surface area contributed by atoms with Crippen LogP contribution in [0.25, 0.3) is 0 Å². The number of rotatable bonds is 2. The van der Waals surface area contributed by atoms with Crippen molar-refractivity contribution in [2.75, 3.05) is 14.2 Å². The monoisotopic (exact) mass is 318 g/mol. The van der Waals surface area contributed by atoms with Crippen molar-refractivity contribution in [2.45, 2.75) is 50.7 Å². The lowest BCUT2D eigenvalue weighted by Crippen LogP contribution is -2.44. The number of ether oxygens (including phenoxy) is 3. The van der Waals surface area contributed by atoms with Gasteiger partial charge in [0.1, 0.15) is 0 Å². The van der Waals surface area contributed by atoms with Crippen LogP contribution in [0.15, 0.2) is 22.3 Å². The minimum atomic E-state index is -0.462. The van der Waals surface area contributed by atoms with E-state index in [2.05, 4.69) is 0 Å². The molecule has 4 rings (SSSR count). The third-order valence-electron chi connectivity index (χ3n) is 5.86. The molecule has 0 aromatic carbocycles. The first-order valence-corrected chi connectivity index (χ1v) is 8.47. The van der Waals surface area contributed by atoms with Crippen molar-refractivity contribution < 1.29 is 23.8 Å². The van der Waals surface area contributed by atoms with Gasteiger partial charge in [-0.25, -0.2) is 9.59 Å². The molecule has 1 saturated heterocycles. The van der Waals surface area contributed by atoms with Crippen molar-refractivity contribution in [2.24, 2.45) is 11.8 Å². The predicted octanol–water partition coefficient (Wildman–Crippen LogP) is 2.31. The predicted molar refractivity (Wildman–Crippen MR) is 81.4 cm³/mol. The van der Waals surface area contributed by atoms with Gasteiger partial charge in [0.25, 0.3) is 0 Å². The minimum Gasteiger partial charge on any atom is -0.466 e. The molecule has 0 unspecified atom stereocenters. The van der Waals surface area contributed by atoms with Gasteiger partial charge in [0.15, 0.2) is 0 Å². The highest BCUT2D eigenvalue weighted by Crippen LogP contribution is 2.61. The van der Waals surface area contributed by atoms with Crippen LogP contribution in [0.1, 0.15) is 38.5 Å². The molecule has 0 aromatic heterocycles. The summed E-state index contributed by atoms with van der Waals surface area (Å²) in [6.07, 6.45) is 6.51. The molecule has 0 N–H and O–H groups in total. The molecule has 0 spiro atoms. The van der Waals surface area contributed by atoms with E-state index in [4.69, 9.17) is 14.2 Å². The molecule has 5 nitrogen and oxygen atoms in total. The van der Waals surface area contributed by atoms with Gasteiger partial charge in [0.2, 0.25) is 0 Å². The maximum absolute atomic E-state index is 12.2. The zero-order valence-electron chi connectivity index (χ0n) is 13.6. The summed E-state index contributed by atoms with van der Waals surface area (Å²) < 4.78 is 15.9. The Morgan fingerprint density at radius 2 is 1.26 bits per heavy atom. The van der Waals surface area contributed by atoms with Crippen molar-refractivity contribution >= 4 is 11.9 Å². The van der Waals surface area contributed by atoms with Gasteiger partial charge in [-0.05, 0) is 25.7 Å². The van der Waals surface area contributed by atoms with Gasteiger partial charge in [-0.1, -0.05) is 24.0 Å². The van der Waals surface area contributed by atoms with Crippen LogP contribution in [0, 0.1) is 11.8 Å². The van der Waals surface area contributed by atoms with Gasteiger partial charge in [-0.3, -0.25) is 0 Å². The van der Waals surface area contributed by atoms with Crippen molar-refractivity contribution in [3.05, 3.63) is 22.3 Å². The molecule has 2 aliphatic heterocycles. The topological polar surface area (TPSA) is 61.8 Å². The highest BCUT2D eigenvalue weighted by atomic mass is 16.5. The van der Waals surface area contributed by atoms with Crippen LogP contribution in [0.3, 0.4) is 0 Å². The standard InChI is InChI=1S/C18H22O5/c1-21-17(19)13-14(18(20)22-2)16-12-10-8-6-4-3-5-7-9(10)11(12)15(13)23-16/h11-12,15-16H,3-8H2,1-2H3/t11-,12+,15-,16+. The third-order valence-corrected chi connectivity index (χ3v) is 5.86. The fraction of sp³-hybridized carbons (Fsp3) is 0.667. The lowest BCUT2D eigenvalue weighted by atomic mass is 9.57. The molecule has 2 heterocycles. The molecule has 2 bridgehead atoms. The number of hydrogen-bond acceptors (Lipinski definition) is 5. The Labute approximate surface area is 135 Å². The molecule has 5 heteroatoms. The summed E-state index contributed by atoms with van der Waals surface area (Å²) in [6.45, 7) is 0. The first kappa shape index (κ1) is 14.9. The van der Waals surface area contributed by atoms with Crippen LogP contribution >= 0.6 is 0 Å². The summed E-state index contributed by atoms with van der Waals surface area (Å²) in [5.74, 6) is -0.404.